The van der Waals surface area contributed by atoms with Crippen molar-refractivity contribution in [2.24, 2.45) is 0 Å². The molecule has 0 amide bonds. The molecule has 1 rings (SSSR count). The Bertz CT molecular complexity index is 145. The van der Waals surface area contributed by atoms with E-state index in [0.717, 1.165) is 13.0 Å². The molecule has 1 aliphatic rings. The molecule has 0 bridgehead atoms. The Morgan fingerprint density at radius 3 is 2.92 bits per heavy atom. The van der Waals surface area contributed by atoms with Gasteiger partial charge in [-0.05, 0) is 19.4 Å². The van der Waals surface area contributed by atoms with E-state index in [1.807, 2.05) is 0 Å². The second-order valence-electron chi connectivity index (χ2n) is 3.28. The van der Waals surface area contributed by atoms with Gasteiger partial charge in [-0.1, -0.05) is 12.8 Å². The molecule has 0 aromatic heterocycles. The minimum atomic E-state index is -0.102. The van der Waals surface area contributed by atoms with Gasteiger partial charge in [-0.3, -0.25) is 4.79 Å². The van der Waals surface area contributed by atoms with Gasteiger partial charge in [0, 0.05) is 6.04 Å². The largest absolute Gasteiger partial charge is 0.469 e. The lowest BCUT2D eigenvalue weighted by Gasteiger charge is -2.13. The van der Waals surface area contributed by atoms with Gasteiger partial charge in [-0.2, -0.15) is 0 Å². The van der Waals surface area contributed by atoms with Crippen LogP contribution >= 0.6 is 12.4 Å². The molecule has 3 nitrogen and oxygen atoms in total. The average molecular weight is 208 g/mol. The molecule has 1 saturated heterocycles. The molecule has 0 saturated carbocycles. The fraction of sp³-hybridized carbons (Fsp3) is 0.889. The number of hydrogen-bond donors (Lipinski definition) is 1. The van der Waals surface area contributed by atoms with E-state index in [4.69, 9.17) is 0 Å². The highest BCUT2D eigenvalue weighted by atomic mass is 35.5. The molecule has 78 valence electrons. The average Bonchev–Trinajstić information content (AvgIpc) is 2.33. The van der Waals surface area contributed by atoms with E-state index in [1.165, 1.54) is 26.4 Å². The molecule has 0 spiro atoms. The summed E-state index contributed by atoms with van der Waals surface area (Å²) in [6.45, 7) is 1.04. The summed E-state index contributed by atoms with van der Waals surface area (Å²) < 4.78 is 4.61. The zero-order valence-electron chi connectivity index (χ0n) is 8.04. The van der Waals surface area contributed by atoms with Gasteiger partial charge in [-0.15, -0.1) is 12.4 Å². The third-order valence-corrected chi connectivity index (χ3v) is 2.30. The predicted octanol–water partition coefficient (Wildman–Crippen LogP) is 1.50. The molecule has 1 fully saturated rings. The monoisotopic (exact) mass is 207 g/mol. The minimum Gasteiger partial charge on any atom is -0.469 e. The van der Waals surface area contributed by atoms with Gasteiger partial charge in [0.2, 0.25) is 0 Å². The van der Waals surface area contributed by atoms with Crippen LogP contribution in [0.1, 0.15) is 32.1 Å². The quantitative estimate of drug-likeness (QED) is 0.698. The Kier molecular flexibility index (Phi) is 7.00. The zero-order valence-corrected chi connectivity index (χ0v) is 8.86. The molecular formula is C9H18ClNO2. The Labute approximate surface area is 85.6 Å². The van der Waals surface area contributed by atoms with E-state index >= 15 is 0 Å². The van der Waals surface area contributed by atoms with E-state index in [-0.39, 0.29) is 18.4 Å². The summed E-state index contributed by atoms with van der Waals surface area (Å²) in [5.41, 5.74) is 0. The van der Waals surface area contributed by atoms with Crippen LogP contribution in [0.15, 0.2) is 0 Å². The van der Waals surface area contributed by atoms with Gasteiger partial charge in [-0.25, -0.2) is 0 Å². The molecule has 0 radical (unpaired) electrons. The molecule has 1 aliphatic heterocycles. The van der Waals surface area contributed by atoms with Gasteiger partial charge >= 0.3 is 5.97 Å². The summed E-state index contributed by atoms with van der Waals surface area (Å²) in [4.78, 5) is 10.9. The van der Waals surface area contributed by atoms with Crippen molar-refractivity contribution >= 4 is 18.4 Å². The van der Waals surface area contributed by atoms with Crippen LogP contribution in [0.3, 0.4) is 0 Å². The summed E-state index contributed by atoms with van der Waals surface area (Å²) >= 11 is 0. The fourth-order valence-electron chi connectivity index (χ4n) is 1.56. The number of methoxy groups -OCH3 is 1. The summed E-state index contributed by atoms with van der Waals surface area (Å²) in [5, 5.41) is 3.35. The van der Waals surface area contributed by atoms with E-state index in [2.05, 4.69) is 10.1 Å². The second-order valence-corrected chi connectivity index (χ2v) is 3.28. The van der Waals surface area contributed by atoms with E-state index < -0.39 is 0 Å². The lowest BCUT2D eigenvalue weighted by molar-refractivity contribution is -0.141. The normalized spacial score (nSPS) is 22.7. The van der Waals surface area contributed by atoms with Gasteiger partial charge in [0.1, 0.15) is 0 Å². The Hall–Kier alpha value is -0.280. The molecule has 1 unspecified atom stereocenters. The standard InChI is InChI=1S/C9H17NO2.ClH/c1-12-9(11)7-8-5-3-2-4-6-10-8;/h8,10H,2-7H2,1H3;1H. The van der Waals surface area contributed by atoms with Crippen molar-refractivity contribution in [1.29, 1.82) is 0 Å². The van der Waals surface area contributed by atoms with E-state index in [1.54, 1.807) is 0 Å². The van der Waals surface area contributed by atoms with Crippen LogP contribution in [0.4, 0.5) is 0 Å². The Balaban J connectivity index is 0.00000144. The van der Waals surface area contributed by atoms with Crippen LogP contribution in [-0.4, -0.2) is 25.7 Å². The fourth-order valence-corrected chi connectivity index (χ4v) is 1.56. The molecule has 0 aliphatic carbocycles. The van der Waals surface area contributed by atoms with Crippen LogP contribution in [0.2, 0.25) is 0 Å². The van der Waals surface area contributed by atoms with Crippen molar-refractivity contribution in [1.82, 2.24) is 5.32 Å². The van der Waals surface area contributed by atoms with Crippen LogP contribution in [-0.2, 0) is 9.53 Å². The van der Waals surface area contributed by atoms with Crippen molar-refractivity contribution in [3.8, 4) is 0 Å². The summed E-state index contributed by atoms with van der Waals surface area (Å²) in [7, 11) is 1.44. The molecule has 0 aromatic carbocycles. The SMILES string of the molecule is COC(=O)CC1CCCCCN1.Cl. The summed E-state index contributed by atoms with van der Waals surface area (Å²) in [6.07, 6.45) is 5.38. The first-order chi connectivity index (χ1) is 5.83. The molecule has 0 aromatic rings. The van der Waals surface area contributed by atoms with Crippen molar-refractivity contribution in [2.75, 3.05) is 13.7 Å². The van der Waals surface area contributed by atoms with Crippen molar-refractivity contribution < 1.29 is 9.53 Å². The van der Waals surface area contributed by atoms with Crippen molar-refractivity contribution in [3.05, 3.63) is 0 Å². The smallest absolute Gasteiger partial charge is 0.307 e. The maximum Gasteiger partial charge on any atom is 0.307 e. The second kappa shape index (κ2) is 7.15. The van der Waals surface area contributed by atoms with Crippen molar-refractivity contribution in [3.63, 3.8) is 0 Å². The number of nitrogens with one attached hydrogen (secondary N) is 1. The number of rotatable bonds is 2. The third-order valence-electron chi connectivity index (χ3n) is 2.30. The Morgan fingerprint density at radius 1 is 1.46 bits per heavy atom. The summed E-state index contributed by atoms with van der Waals surface area (Å²) in [5.74, 6) is -0.102. The minimum absolute atomic E-state index is 0. The number of ether oxygens (including phenoxy) is 1. The highest BCUT2D eigenvalue weighted by Crippen LogP contribution is 2.11. The van der Waals surface area contributed by atoms with Crippen LogP contribution in [0, 0.1) is 0 Å². The van der Waals surface area contributed by atoms with Crippen LogP contribution in [0.25, 0.3) is 0 Å². The number of esters is 1. The van der Waals surface area contributed by atoms with Gasteiger partial charge in [0.25, 0.3) is 0 Å². The molecule has 13 heavy (non-hydrogen) atoms. The number of hydrogen-bond acceptors (Lipinski definition) is 3. The first kappa shape index (κ1) is 12.7. The Morgan fingerprint density at radius 2 is 2.23 bits per heavy atom. The molecule has 1 N–H and O–H groups in total. The number of halogens is 1. The van der Waals surface area contributed by atoms with E-state index in [9.17, 15) is 4.79 Å². The maximum absolute atomic E-state index is 10.9. The van der Waals surface area contributed by atoms with Gasteiger partial charge in [0.15, 0.2) is 0 Å². The van der Waals surface area contributed by atoms with Crippen LogP contribution in [0.5, 0.6) is 0 Å². The van der Waals surface area contributed by atoms with E-state index in [0.29, 0.717) is 12.5 Å². The van der Waals surface area contributed by atoms with Gasteiger partial charge in [0.05, 0.1) is 13.5 Å². The number of carbonyl (C=O) groups is 1. The molecule has 1 heterocycles. The highest BCUT2D eigenvalue weighted by Gasteiger charge is 2.14. The zero-order chi connectivity index (χ0) is 8.81. The lowest BCUT2D eigenvalue weighted by Crippen LogP contribution is -2.30. The topological polar surface area (TPSA) is 38.3 Å². The number of carbonyl (C=O) groups excluding carboxylic acids is 1. The summed E-state index contributed by atoms with van der Waals surface area (Å²) in [6, 6.07) is 0.347. The molecule has 4 heteroatoms. The third kappa shape index (κ3) is 5.11. The first-order valence-electron chi connectivity index (χ1n) is 4.63. The first-order valence-corrected chi connectivity index (χ1v) is 4.63. The maximum atomic E-state index is 10.9. The molecular weight excluding hydrogens is 190 g/mol. The molecule has 1 atom stereocenters. The van der Waals surface area contributed by atoms with Crippen LogP contribution < -0.4 is 5.32 Å². The highest BCUT2D eigenvalue weighted by molar-refractivity contribution is 5.85. The lowest BCUT2D eigenvalue weighted by atomic mass is 10.1. The van der Waals surface area contributed by atoms with Crippen molar-refractivity contribution in [2.45, 2.75) is 38.1 Å². The predicted molar refractivity (Wildman–Crippen MR) is 54.1 cm³/mol. The van der Waals surface area contributed by atoms with Gasteiger partial charge < -0.3 is 10.1 Å².